The summed E-state index contributed by atoms with van der Waals surface area (Å²) in [5.41, 5.74) is 5.77. The van der Waals surface area contributed by atoms with Gasteiger partial charge in [-0.15, -0.1) is 0 Å². The molecule has 14 heteroatoms. The quantitative estimate of drug-likeness (QED) is 0.131. The van der Waals surface area contributed by atoms with Crippen LogP contribution in [0.15, 0.2) is 122 Å². The van der Waals surface area contributed by atoms with Crippen molar-refractivity contribution in [1.29, 1.82) is 0 Å². The van der Waals surface area contributed by atoms with Crippen molar-refractivity contribution in [3.8, 4) is 22.9 Å². The maximum Gasteiger partial charge on any atom is 0.418 e. The van der Waals surface area contributed by atoms with Crippen molar-refractivity contribution in [3.63, 3.8) is 0 Å². The first-order chi connectivity index (χ1) is 33.8. The molecule has 368 valence electrons. The zero-order valence-corrected chi connectivity index (χ0v) is 43.3. The highest BCUT2D eigenvalue weighted by Gasteiger charge is 2.39. The predicted octanol–water partition coefficient (Wildman–Crippen LogP) is 11.3. The third-order valence-electron chi connectivity index (χ3n) is 14.6. The van der Waals surface area contributed by atoms with E-state index < -0.39 is 20.0 Å². The van der Waals surface area contributed by atoms with Crippen molar-refractivity contribution in [2.45, 2.75) is 84.3 Å². The highest BCUT2D eigenvalue weighted by molar-refractivity contribution is 6.74. The minimum Gasteiger partial charge on any atom is -0.544 e. The van der Waals surface area contributed by atoms with Gasteiger partial charge in [-0.25, -0.2) is 4.79 Å². The third kappa shape index (κ3) is 9.43. The maximum atomic E-state index is 15.8. The van der Waals surface area contributed by atoms with Crippen molar-refractivity contribution < 1.29 is 33.0 Å². The van der Waals surface area contributed by atoms with Gasteiger partial charge in [0, 0.05) is 85.9 Å². The number of likely N-dealkylation sites (N-methyl/N-ethyl adjacent to an activating group) is 1. The van der Waals surface area contributed by atoms with Gasteiger partial charge in [-0.3, -0.25) is 24.0 Å². The fraction of sp³-hybridized carbons (Fsp3) is 0.351. The van der Waals surface area contributed by atoms with Crippen LogP contribution in [0.2, 0.25) is 18.1 Å². The number of hydrogen-bond donors (Lipinski definition) is 0. The summed E-state index contributed by atoms with van der Waals surface area (Å²) in [6.45, 7) is 21.7. The van der Waals surface area contributed by atoms with Crippen molar-refractivity contribution in [2.75, 3.05) is 51.5 Å². The van der Waals surface area contributed by atoms with Gasteiger partial charge >= 0.3 is 6.09 Å². The molecule has 7 aromatic rings. The second-order valence-electron chi connectivity index (χ2n) is 21.7. The molecule has 1 fully saturated rings. The van der Waals surface area contributed by atoms with Crippen molar-refractivity contribution >= 4 is 59.4 Å². The molecule has 2 amide bonds. The number of amides is 2. The molecule has 2 aromatic heterocycles. The molecule has 3 aliphatic heterocycles. The fourth-order valence-electron chi connectivity index (χ4n) is 9.68. The number of fused-ring (bicyclic) bond motifs is 4. The number of para-hydroxylation sites is 1. The van der Waals surface area contributed by atoms with Crippen LogP contribution in [0.4, 0.5) is 16.2 Å². The van der Waals surface area contributed by atoms with Gasteiger partial charge in [-0.2, -0.15) is 0 Å². The lowest BCUT2D eigenvalue weighted by molar-refractivity contribution is 0.0530. The number of ether oxygens (including phenoxy) is 3. The Labute approximate surface area is 417 Å². The molecule has 13 nitrogen and oxygen atoms in total. The number of benzene rings is 5. The largest absolute Gasteiger partial charge is 0.544 e. The fourth-order valence-corrected chi connectivity index (χ4v) is 10.7. The van der Waals surface area contributed by atoms with E-state index in [9.17, 15) is 4.79 Å². The molecule has 3 aliphatic rings. The molecule has 10 rings (SSSR count). The number of hydrogen-bond acceptors (Lipinski definition) is 9. The molecule has 0 N–H and O–H groups in total. The molecule has 0 saturated carbocycles. The van der Waals surface area contributed by atoms with Gasteiger partial charge in [-0.1, -0.05) is 63.2 Å². The first kappa shape index (κ1) is 47.8. The standard InChI is InChI=1S/C57H64N6O7Si/c1-56(2,3)69-55(66)60-25-24-39-31-42(20-23-48(39)60)63(41-18-21-44(22-19-41)70-71(8,9)57(4,5)6)54(65)47-36-62(49-17-13-12-16-45(47)49)50-33-52-51(67-37-68-52)32-46(50)53(64)61-34-40-15-11-10-14-38(40)30-43(61)35-59-28-26-58(7)27-29-59/h10-25,31-33,36,43H,26-30,34-35,37H2,1-9H3/t43-/m0/s1. The van der Waals surface area contributed by atoms with Gasteiger partial charge < -0.3 is 33.0 Å². The van der Waals surface area contributed by atoms with E-state index in [2.05, 4.69) is 68.9 Å². The Hall–Kier alpha value is -6.87. The van der Waals surface area contributed by atoms with Crippen LogP contribution in [-0.4, -0.2) is 108 Å². The zero-order valence-electron chi connectivity index (χ0n) is 42.3. The van der Waals surface area contributed by atoms with Crippen molar-refractivity contribution in [3.05, 3.63) is 144 Å². The van der Waals surface area contributed by atoms with Crippen LogP contribution in [0.5, 0.6) is 17.2 Å². The van der Waals surface area contributed by atoms with E-state index in [0.29, 0.717) is 57.1 Å². The Morgan fingerprint density at radius 2 is 1.42 bits per heavy atom. The van der Waals surface area contributed by atoms with E-state index in [1.165, 1.54) is 10.1 Å². The number of rotatable bonds is 9. The van der Waals surface area contributed by atoms with Gasteiger partial charge in [0.15, 0.2) is 11.5 Å². The molecular weight excluding hydrogens is 909 g/mol. The number of piperazine rings is 1. The average Bonchev–Trinajstić information content (AvgIpc) is 4.08. The van der Waals surface area contributed by atoms with Gasteiger partial charge in [0.2, 0.25) is 15.1 Å². The summed E-state index contributed by atoms with van der Waals surface area (Å²) in [7, 11) is -0.0197. The summed E-state index contributed by atoms with van der Waals surface area (Å²) in [4.78, 5) is 53.1. The molecule has 71 heavy (non-hydrogen) atoms. The van der Waals surface area contributed by atoms with Gasteiger partial charge in [0.05, 0.1) is 27.8 Å². The number of aromatic nitrogens is 2. The predicted molar refractivity (Wildman–Crippen MR) is 281 cm³/mol. The maximum absolute atomic E-state index is 15.8. The van der Waals surface area contributed by atoms with Crippen LogP contribution in [-0.2, 0) is 17.7 Å². The Morgan fingerprint density at radius 1 is 0.746 bits per heavy atom. The van der Waals surface area contributed by atoms with Gasteiger partial charge in [0.25, 0.3) is 11.8 Å². The van der Waals surface area contributed by atoms with Crippen LogP contribution < -0.4 is 18.8 Å². The molecule has 1 saturated heterocycles. The minimum atomic E-state index is -2.18. The Balaban J connectivity index is 1.07. The van der Waals surface area contributed by atoms with E-state index in [1.807, 2.05) is 127 Å². The van der Waals surface area contributed by atoms with E-state index in [4.69, 9.17) is 18.6 Å². The third-order valence-corrected chi connectivity index (χ3v) is 19.0. The van der Waals surface area contributed by atoms with Crippen molar-refractivity contribution in [2.24, 2.45) is 0 Å². The van der Waals surface area contributed by atoms with Crippen LogP contribution in [0.1, 0.15) is 73.4 Å². The first-order valence-electron chi connectivity index (χ1n) is 24.6. The topological polar surface area (TPSA) is 111 Å². The van der Waals surface area contributed by atoms with Gasteiger partial charge in [-0.05, 0) is 124 Å². The van der Waals surface area contributed by atoms with Crippen LogP contribution >= 0.6 is 0 Å². The SMILES string of the molecule is CN1CCN(C[C@@H]2Cc3ccccc3CN2C(=O)c2cc3c(cc2-n2cc(C(=O)N(c4ccc(O[Si](C)(C)C(C)(C)C)cc4)c4ccc5c(ccn5C(=O)OC(C)(C)C)c4)c4ccccc42)OCO3)CC1. The Kier molecular flexibility index (Phi) is 12.4. The number of anilines is 2. The summed E-state index contributed by atoms with van der Waals surface area (Å²) >= 11 is 0. The minimum absolute atomic E-state index is 0.0129. The highest BCUT2D eigenvalue weighted by Crippen LogP contribution is 2.42. The van der Waals surface area contributed by atoms with E-state index in [-0.39, 0.29) is 29.7 Å². The molecule has 0 spiro atoms. The second kappa shape index (κ2) is 18.4. The first-order valence-corrected chi connectivity index (χ1v) is 27.5. The second-order valence-corrected chi connectivity index (χ2v) is 26.4. The lowest BCUT2D eigenvalue weighted by Gasteiger charge is -2.41. The molecule has 0 bridgehead atoms. The number of carbonyl (C=O) groups is 3. The Bertz CT molecular complexity index is 3170. The van der Waals surface area contributed by atoms with E-state index in [1.54, 1.807) is 11.1 Å². The monoisotopic (exact) mass is 972 g/mol. The molecule has 5 heterocycles. The van der Waals surface area contributed by atoms with Crippen molar-refractivity contribution in [1.82, 2.24) is 23.8 Å². The molecular formula is C57H64N6O7Si. The molecule has 1 atom stereocenters. The highest BCUT2D eigenvalue weighted by atomic mass is 28.4. The summed E-state index contributed by atoms with van der Waals surface area (Å²) in [5, 5.41) is 1.44. The molecule has 0 aliphatic carbocycles. The van der Waals surface area contributed by atoms with Crippen LogP contribution in [0.3, 0.4) is 0 Å². The van der Waals surface area contributed by atoms with E-state index >= 15 is 9.59 Å². The lowest BCUT2D eigenvalue weighted by atomic mass is 9.92. The molecule has 0 unspecified atom stereocenters. The van der Waals surface area contributed by atoms with Crippen LogP contribution in [0.25, 0.3) is 27.5 Å². The molecule has 5 aromatic carbocycles. The molecule has 0 radical (unpaired) electrons. The Morgan fingerprint density at radius 3 is 2.14 bits per heavy atom. The average molecular weight is 973 g/mol. The number of nitrogens with zero attached hydrogens (tertiary/aromatic N) is 6. The summed E-state index contributed by atoms with van der Waals surface area (Å²) in [5.74, 6) is 1.34. The summed E-state index contributed by atoms with van der Waals surface area (Å²) in [6.07, 6.45) is 3.79. The van der Waals surface area contributed by atoms with Crippen LogP contribution in [0, 0.1) is 0 Å². The number of carbonyl (C=O) groups excluding carboxylic acids is 3. The lowest BCUT2D eigenvalue weighted by Crippen LogP contribution is -2.53. The summed E-state index contributed by atoms with van der Waals surface area (Å²) in [6, 6.07) is 35.0. The zero-order chi connectivity index (χ0) is 50.0. The van der Waals surface area contributed by atoms with E-state index in [0.717, 1.165) is 61.4 Å². The smallest absolute Gasteiger partial charge is 0.418 e. The summed E-state index contributed by atoms with van der Waals surface area (Å²) < 4.78 is 27.8. The van der Waals surface area contributed by atoms with Gasteiger partial charge in [0.1, 0.15) is 11.4 Å². The normalized spacial score (nSPS) is 16.6.